The van der Waals surface area contributed by atoms with E-state index in [9.17, 15) is 14.4 Å². The number of carboxylic acids is 3. The van der Waals surface area contributed by atoms with Crippen molar-refractivity contribution in [2.24, 2.45) is 0 Å². The van der Waals surface area contributed by atoms with Gasteiger partial charge in [0.2, 0.25) is 0 Å². The van der Waals surface area contributed by atoms with E-state index in [1.165, 1.54) is 6.92 Å². The zero-order chi connectivity index (χ0) is 13.3. The van der Waals surface area contributed by atoms with Crippen LogP contribution in [0.25, 0.3) is 0 Å². The fraction of sp³-hybridized carbons (Fsp3) is 0.444. The summed E-state index contributed by atoms with van der Waals surface area (Å²) in [5, 5.41) is 32.4. The second kappa shape index (κ2) is 8.42. The number of hydrogen-bond acceptors (Lipinski definition) is 4. The van der Waals surface area contributed by atoms with Crippen molar-refractivity contribution in [1.82, 2.24) is 0 Å². The maximum atomic E-state index is 9.88. The largest absolute Gasteiger partial charge is 0.481 e. The third-order valence-electron chi connectivity index (χ3n) is 1.33. The molecule has 0 saturated carbocycles. The lowest BCUT2D eigenvalue weighted by Gasteiger charge is -1.99. The van der Waals surface area contributed by atoms with Gasteiger partial charge in [-0.2, -0.15) is 0 Å². The van der Waals surface area contributed by atoms with E-state index in [4.69, 9.17) is 20.4 Å². The van der Waals surface area contributed by atoms with Crippen molar-refractivity contribution in [2.75, 3.05) is 0 Å². The average Bonchev–Trinajstić information content (AvgIpc) is 2.14. The van der Waals surface area contributed by atoms with Gasteiger partial charge in [0.25, 0.3) is 0 Å². The molecule has 0 bridgehead atoms. The summed E-state index contributed by atoms with van der Waals surface area (Å²) in [6, 6.07) is 0. The smallest absolute Gasteiger partial charge is 0.333 e. The molecular formula is C9H14O7. The van der Waals surface area contributed by atoms with Crippen LogP contribution in [0.3, 0.4) is 0 Å². The van der Waals surface area contributed by atoms with Crippen LogP contribution in [0.2, 0.25) is 0 Å². The van der Waals surface area contributed by atoms with Crippen LogP contribution >= 0.6 is 0 Å². The van der Waals surface area contributed by atoms with Gasteiger partial charge in [-0.15, -0.1) is 0 Å². The van der Waals surface area contributed by atoms with Crippen molar-refractivity contribution in [1.29, 1.82) is 0 Å². The van der Waals surface area contributed by atoms with Crippen molar-refractivity contribution in [3.05, 3.63) is 12.2 Å². The Hall–Kier alpha value is -1.89. The van der Waals surface area contributed by atoms with Crippen LogP contribution in [0.4, 0.5) is 0 Å². The predicted molar refractivity (Wildman–Crippen MR) is 53.0 cm³/mol. The summed E-state index contributed by atoms with van der Waals surface area (Å²) in [5.41, 5.74) is -0.176. The highest BCUT2D eigenvalue weighted by molar-refractivity contribution is 5.86. The number of carboxylic acid groups (broad SMARTS) is 3. The number of hydrogen-bond donors (Lipinski definition) is 4. The molecule has 0 saturated heterocycles. The fourth-order valence-electron chi connectivity index (χ4n) is 0.393. The molecule has 92 valence electrons. The van der Waals surface area contributed by atoms with Crippen molar-refractivity contribution in [2.45, 2.75) is 25.9 Å². The molecule has 0 aliphatic rings. The molecule has 7 heteroatoms. The lowest BCUT2D eigenvalue weighted by Crippen LogP contribution is -2.11. The molecule has 0 aliphatic heterocycles. The summed E-state index contributed by atoms with van der Waals surface area (Å²) in [7, 11) is 0. The Morgan fingerprint density at radius 2 is 1.38 bits per heavy atom. The van der Waals surface area contributed by atoms with Gasteiger partial charge in [0.1, 0.15) is 0 Å². The minimum absolute atomic E-state index is 0.176. The first-order valence-corrected chi connectivity index (χ1v) is 4.22. The standard InChI is InChI=1S/C5H8O3.C4H6O4/c1-3(4(2)6)5(7)8;5-3(6)1-2-4(7)8/h4,6H,1H2,2H3,(H,7,8);1-2H2,(H,5,6)(H,7,8). The van der Waals surface area contributed by atoms with Crippen molar-refractivity contribution in [3.63, 3.8) is 0 Å². The highest BCUT2D eigenvalue weighted by atomic mass is 16.4. The Balaban J connectivity index is 0. The van der Waals surface area contributed by atoms with E-state index in [1.807, 2.05) is 0 Å². The minimum atomic E-state index is -1.15. The van der Waals surface area contributed by atoms with E-state index in [0.717, 1.165) is 0 Å². The molecule has 0 rings (SSSR count). The highest BCUT2D eigenvalue weighted by Crippen LogP contribution is 1.95. The molecule has 0 aromatic carbocycles. The van der Waals surface area contributed by atoms with Gasteiger partial charge in [0.05, 0.1) is 24.5 Å². The first-order valence-electron chi connectivity index (χ1n) is 4.22. The number of rotatable bonds is 5. The van der Waals surface area contributed by atoms with Crippen LogP contribution in [0, 0.1) is 0 Å². The van der Waals surface area contributed by atoms with E-state index in [0.29, 0.717) is 0 Å². The van der Waals surface area contributed by atoms with Gasteiger partial charge < -0.3 is 20.4 Å². The molecule has 0 aromatic rings. The molecule has 0 radical (unpaired) electrons. The van der Waals surface area contributed by atoms with E-state index in [2.05, 4.69) is 6.58 Å². The van der Waals surface area contributed by atoms with Gasteiger partial charge >= 0.3 is 17.9 Å². The van der Waals surface area contributed by atoms with Crippen LogP contribution in [-0.2, 0) is 14.4 Å². The molecule has 7 nitrogen and oxygen atoms in total. The van der Waals surface area contributed by atoms with Gasteiger partial charge in [-0.1, -0.05) is 6.58 Å². The highest BCUT2D eigenvalue weighted by Gasteiger charge is 2.08. The Kier molecular flexibility index (Phi) is 8.70. The average molecular weight is 234 g/mol. The topological polar surface area (TPSA) is 132 Å². The number of aliphatic carboxylic acids is 3. The predicted octanol–water partition coefficient (Wildman–Crippen LogP) is -0.0562. The third kappa shape index (κ3) is 12.1. The second-order valence-corrected chi connectivity index (χ2v) is 2.79. The first kappa shape index (κ1) is 16.5. The molecule has 16 heavy (non-hydrogen) atoms. The second-order valence-electron chi connectivity index (χ2n) is 2.79. The summed E-state index contributed by atoms with van der Waals surface area (Å²) in [6.45, 7) is 4.46. The molecule has 0 aromatic heterocycles. The molecule has 0 aliphatic carbocycles. The molecule has 4 N–H and O–H groups in total. The zero-order valence-electron chi connectivity index (χ0n) is 8.71. The maximum Gasteiger partial charge on any atom is 0.333 e. The van der Waals surface area contributed by atoms with Crippen LogP contribution in [0.5, 0.6) is 0 Å². The Morgan fingerprint density at radius 1 is 1.06 bits per heavy atom. The van der Waals surface area contributed by atoms with E-state index < -0.39 is 24.0 Å². The van der Waals surface area contributed by atoms with Crippen molar-refractivity contribution in [3.8, 4) is 0 Å². The van der Waals surface area contributed by atoms with Crippen LogP contribution in [0.15, 0.2) is 12.2 Å². The zero-order valence-corrected chi connectivity index (χ0v) is 8.71. The molecule has 1 atom stereocenters. The van der Waals surface area contributed by atoms with Gasteiger partial charge in [-0.05, 0) is 6.92 Å². The normalized spacial score (nSPS) is 10.6. The Labute approximate surface area is 91.6 Å². The van der Waals surface area contributed by atoms with Gasteiger partial charge in [-0.3, -0.25) is 9.59 Å². The monoisotopic (exact) mass is 234 g/mol. The quantitative estimate of drug-likeness (QED) is 0.490. The third-order valence-corrected chi connectivity index (χ3v) is 1.33. The Morgan fingerprint density at radius 3 is 1.44 bits per heavy atom. The molecule has 1 unspecified atom stereocenters. The molecule has 0 fully saturated rings. The van der Waals surface area contributed by atoms with Gasteiger partial charge in [0, 0.05) is 0 Å². The SMILES string of the molecule is C=C(C(=O)O)C(C)O.O=C(O)CCC(=O)O. The fourth-order valence-corrected chi connectivity index (χ4v) is 0.393. The summed E-state index contributed by atoms with van der Waals surface area (Å²) >= 11 is 0. The van der Waals surface area contributed by atoms with E-state index in [-0.39, 0.29) is 18.4 Å². The lowest BCUT2D eigenvalue weighted by atomic mass is 10.2. The van der Waals surface area contributed by atoms with Crippen molar-refractivity contribution >= 4 is 17.9 Å². The Bertz CT molecular complexity index is 266. The van der Waals surface area contributed by atoms with E-state index in [1.54, 1.807) is 0 Å². The molecule has 0 spiro atoms. The van der Waals surface area contributed by atoms with Crippen LogP contribution < -0.4 is 0 Å². The molecule has 0 amide bonds. The summed E-state index contributed by atoms with van der Waals surface area (Å²) in [6.07, 6.45) is -1.54. The van der Waals surface area contributed by atoms with Gasteiger partial charge in [-0.25, -0.2) is 4.79 Å². The summed E-state index contributed by atoms with van der Waals surface area (Å²) in [4.78, 5) is 29.2. The summed E-state index contributed by atoms with van der Waals surface area (Å²) in [5.74, 6) is -3.31. The number of carbonyl (C=O) groups is 3. The number of aliphatic hydroxyl groups is 1. The lowest BCUT2D eigenvalue weighted by molar-refractivity contribution is -0.143. The maximum absolute atomic E-state index is 9.88. The first-order chi connectivity index (χ1) is 7.18. The van der Waals surface area contributed by atoms with E-state index >= 15 is 0 Å². The minimum Gasteiger partial charge on any atom is -0.481 e. The van der Waals surface area contributed by atoms with Crippen molar-refractivity contribution < 1.29 is 34.8 Å². The van der Waals surface area contributed by atoms with Crippen LogP contribution in [0.1, 0.15) is 19.8 Å². The van der Waals surface area contributed by atoms with Crippen LogP contribution in [-0.4, -0.2) is 44.4 Å². The van der Waals surface area contributed by atoms with Gasteiger partial charge in [0.15, 0.2) is 0 Å². The molecular weight excluding hydrogens is 220 g/mol. The number of aliphatic hydroxyl groups excluding tert-OH is 1. The summed E-state index contributed by atoms with van der Waals surface area (Å²) < 4.78 is 0. The molecule has 0 heterocycles.